The van der Waals surface area contributed by atoms with Gasteiger partial charge in [0, 0.05) is 0 Å². The predicted octanol–water partition coefficient (Wildman–Crippen LogP) is 8.58. The van der Waals surface area contributed by atoms with Crippen LogP contribution in [0.3, 0.4) is 0 Å². The van der Waals surface area contributed by atoms with Gasteiger partial charge in [-0.05, 0) is 144 Å². The van der Waals surface area contributed by atoms with Crippen molar-refractivity contribution in [1.82, 2.24) is 9.80 Å². The summed E-state index contributed by atoms with van der Waals surface area (Å²) in [5, 5.41) is 11.0. The zero-order valence-electron chi connectivity index (χ0n) is 47.3. The van der Waals surface area contributed by atoms with Gasteiger partial charge in [0.15, 0.2) is 30.4 Å². The van der Waals surface area contributed by atoms with Crippen LogP contribution in [0, 0.1) is 5.92 Å². The van der Waals surface area contributed by atoms with E-state index in [0.717, 1.165) is 24.3 Å². The summed E-state index contributed by atoms with van der Waals surface area (Å²) in [6.07, 6.45) is -18.2. The molecule has 2 fully saturated rings. The van der Waals surface area contributed by atoms with Crippen molar-refractivity contribution in [3.63, 3.8) is 0 Å². The molecule has 0 saturated carbocycles. The van der Waals surface area contributed by atoms with Crippen molar-refractivity contribution in [1.29, 1.82) is 0 Å². The quantitative estimate of drug-likeness (QED) is 0.137. The van der Waals surface area contributed by atoms with Crippen LogP contribution in [0.2, 0.25) is 0 Å². The van der Waals surface area contributed by atoms with E-state index in [1.54, 1.807) is 38.1 Å². The lowest BCUT2D eigenvalue weighted by Crippen LogP contribution is -2.55. The molecular weight excluding hydrogens is 1050 g/mol. The highest BCUT2D eigenvalue weighted by Crippen LogP contribution is 2.33. The molecule has 79 heavy (non-hydrogen) atoms. The molecule has 8 unspecified atom stereocenters. The van der Waals surface area contributed by atoms with Gasteiger partial charge < -0.3 is 61.9 Å². The number of aliphatic hydroxyl groups excluding tert-OH is 1. The summed E-state index contributed by atoms with van der Waals surface area (Å²) >= 11 is 0. The van der Waals surface area contributed by atoms with Crippen LogP contribution in [0.1, 0.15) is 115 Å². The minimum Gasteiger partial charge on any atom is -0.497 e. The van der Waals surface area contributed by atoms with E-state index in [1.165, 1.54) is 90.2 Å². The van der Waals surface area contributed by atoms with Gasteiger partial charge in [0.1, 0.15) is 58.0 Å². The maximum atomic E-state index is 14.4. The first-order valence-corrected chi connectivity index (χ1v) is 25.5. The molecular formula is C54H75F3N2O20. The maximum absolute atomic E-state index is 14.4. The molecule has 0 bridgehead atoms. The van der Waals surface area contributed by atoms with E-state index < -0.39 is 151 Å². The topological polar surface area (TPSA) is 257 Å². The van der Waals surface area contributed by atoms with Crippen LogP contribution in [0.4, 0.5) is 32.3 Å². The normalized spacial score (nSPS) is 22.8. The molecule has 2 heterocycles. The van der Waals surface area contributed by atoms with Crippen molar-refractivity contribution >= 4 is 42.3 Å². The van der Waals surface area contributed by atoms with Crippen LogP contribution in [0.15, 0.2) is 48.5 Å². The lowest BCUT2D eigenvalue weighted by molar-refractivity contribution is -0.177. The van der Waals surface area contributed by atoms with Gasteiger partial charge in [-0.3, -0.25) is 4.79 Å². The van der Waals surface area contributed by atoms with Gasteiger partial charge >= 0.3 is 48.5 Å². The summed E-state index contributed by atoms with van der Waals surface area (Å²) in [6, 6.07) is 6.31. The second-order valence-corrected chi connectivity index (χ2v) is 22.4. The molecule has 2 aromatic rings. The third-order valence-corrected chi connectivity index (χ3v) is 11.7. The molecule has 4 rings (SSSR count). The summed E-state index contributed by atoms with van der Waals surface area (Å²) < 4.78 is 108. The smallest absolute Gasteiger partial charge is 0.420 e. The van der Waals surface area contributed by atoms with Crippen LogP contribution in [0.5, 0.6) is 17.2 Å². The van der Waals surface area contributed by atoms with Crippen molar-refractivity contribution < 1.29 is 109 Å². The number of alkyl halides is 3. The van der Waals surface area contributed by atoms with Gasteiger partial charge in [-0.2, -0.15) is 23.0 Å². The Kier molecular flexibility index (Phi) is 21.8. The molecule has 25 heteroatoms. The summed E-state index contributed by atoms with van der Waals surface area (Å²) in [4.78, 5) is 98.3. The second-order valence-electron chi connectivity index (χ2n) is 22.4. The Morgan fingerprint density at radius 2 is 0.987 bits per heavy atom. The Morgan fingerprint density at radius 1 is 0.595 bits per heavy atom. The van der Waals surface area contributed by atoms with Crippen LogP contribution in [0.25, 0.3) is 0 Å². The first kappa shape index (κ1) is 64.9. The zero-order valence-corrected chi connectivity index (χ0v) is 47.3. The van der Waals surface area contributed by atoms with Gasteiger partial charge in [-0.25, -0.2) is 28.8 Å². The van der Waals surface area contributed by atoms with Gasteiger partial charge in [0.2, 0.25) is 0 Å². The number of halogens is 3. The number of esters is 3. The number of cyclic esters (lactones) is 2. The van der Waals surface area contributed by atoms with Crippen LogP contribution >= 0.6 is 0 Å². The number of carbonyl (C=O) groups is 7. The molecule has 2 aliphatic heterocycles. The highest BCUT2D eigenvalue weighted by Gasteiger charge is 2.48. The average Bonchev–Trinajstić information content (AvgIpc) is 3.39. The lowest BCUT2D eigenvalue weighted by atomic mass is 9.94. The van der Waals surface area contributed by atoms with Crippen molar-refractivity contribution in [2.75, 3.05) is 33.5 Å². The van der Waals surface area contributed by atoms with E-state index in [2.05, 4.69) is 0 Å². The number of hydrogen-bond acceptors (Lipinski definition) is 20. The van der Waals surface area contributed by atoms with E-state index in [1.807, 2.05) is 0 Å². The predicted molar refractivity (Wildman–Crippen MR) is 271 cm³/mol. The number of nitrogens with zero attached hydrogens (tertiary/aromatic N) is 2. The molecule has 2 aromatic carbocycles. The molecule has 22 nitrogen and oxygen atoms in total. The molecule has 1 N–H and O–H groups in total. The fourth-order valence-corrected chi connectivity index (χ4v) is 7.54. The SMILES string of the molecule is COc1ccc(OC2COCC(N(C(=O)OC(C)(C)C)C(=O)OC(C)(C)CCC(C)(C)OC(=O)N(C(=O)OC(C)(C)C)C3COCC(O)C(Oc4ccc(C(F)(F)F)cc4)C(C)OC3=O)C(=O)OC(C)C2OC(=O)C(C)C)cc1. The van der Waals surface area contributed by atoms with Crippen molar-refractivity contribution in [3.8, 4) is 17.2 Å². The van der Waals surface area contributed by atoms with E-state index in [0.29, 0.717) is 21.3 Å². The zero-order chi connectivity index (χ0) is 59.6. The first-order valence-electron chi connectivity index (χ1n) is 25.5. The van der Waals surface area contributed by atoms with Gasteiger partial charge in [-0.15, -0.1) is 0 Å². The minimum atomic E-state index is -4.63. The van der Waals surface area contributed by atoms with E-state index >= 15 is 0 Å². The van der Waals surface area contributed by atoms with Crippen molar-refractivity contribution in [3.05, 3.63) is 54.1 Å². The molecule has 2 saturated heterocycles. The van der Waals surface area contributed by atoms with E-state index in [-0.39, 0.29) is 25.2 Å². The molecule has 2 aliphatic rings. The Hall–Kier alpha value is -6.60. The monoisotopic (exact) mass is 1130 g/mol. The highest BCUT2D eigenvalue weighted by atomic mass is 19.4. The van der Waals surface area contributed by atoms with Crippen LogP contribution < -0.4 is 14.2 Å². The Balaban J connectivity index is 1.56. The fraction of sp³-hybridized carbons (Fsp3) is 0.648. The van der Waals surface area contributed by atoms with Crippen molar-refractivity contribution in [2.24, 2.45) is 5.92 Å². The Bertz CT molecular complexity index is 2420. The van der Waals surface area contributed by atoms with E-state index in [4.69, 9.17) is 56.8 Å². The molecule has 0 aromatic heterocycles. The Labute approximate surface area is 457 Å². The van der Waals surface area contributed by atoms with Crippen LogP contribution in [-0.4, -0.2) is 162 Å². The summed E-state index contributed by atoms with van der Waals surface area (Å²) in [5.41, 5.74) is -6.48. The molecule has 8 atom stereocenters. The van der Waals surface area contributed by atoms with Crippen LogP contribution in [-0.2, 0) is 63.2 Å². The molecule has 0 radical (unpaired) electrons. The number of ether oxygens (including phenoxy) is 12. The molecule has 442 valence electrons. The highest BCUT2D eigenvalue weighted by molar-refractivity contribution is 5.95. The number of amides is 4. The van der Waals surface area contributed by atoms with Gasteiger partial charge in [0.05, 0.1) is 45.0 Å². The summed E-state index contributed by atoms with van der Waals surface area (Å²) in [7, 11) is 1.49. The molecule has 4 amide bonds. The molecule has 0 aliphatic carbocycles. The van der Waals surface area contributed by atoms with Gasteiger partial charge in [0.25, 0.3) is 0 Å². The maximum Gasteiger partial charge on any atom is 0.420 e. The number of methoxy groups -OCH3 is 1. The third-order valence-electron chi connectivity index (χ3n) is 11.7. The number of rotatable bonds is 14. The number of imide groups is 2. The standard InChI is InChI=1S/C54H75F3N2O20/c1-30(2)43(61)75-42-32(4)72-45(63)38(27-70-29-40(42)73-35-22-20-34(68-15)21-23-35)59(47(65)77-51(8,9)10)49(67)79-53(13,14)25-24-52(11,12)78-48(66)58(46(64)76-50(5,6)7)37-26-69-28-39(60)41(31(3)71-44(37)62)74-36-18-16-33(17-19-36)54(55,56)57/h16-23,30-32,37-42,60H,24-29H2,1-15H3. The first-order chi connectivity index (χ1) is 36.4. The Morgan fingerprint density at radius 3 is 1.41 bits per heavy atom. The fourth-order valence-electron chi connectivity index (χ4n) is 7.54. The number of hydrogen-bond donors (Lipinski definition) is 1. The molecule has 0 spiro atoms. The number of carbonyl (C=O) groups excluding carboxylic acids is 7. The van der Waals surface area contributed by atoms with E-state index in [9.17, 15) is 51.8 Å². The summed E-state index contributed by atoms with van der Waals surface area (Å²) in [6.45, 7) is 18.6. The summed E-state index contributed by atoms with van der Waals surface area (Å²) in [5.74, 6) is -2.88. The lowest BCUT2D eigenvalue weighted by Gasteiger charge is -2.36. The average molecular weight is 1130 g/mol. The minimum absolute atomic E-state index is 0.108. The number of aliphatic hydroxyl groups is 1. The third kappa shape index (κ3) is 19.6. The van der Waals surface area contributed by atoms with Crippen molar-refractivity contribution in [2.45, 2.75) is 187 Å². The number of benzene rings is 2. The van der Waals surface area contributed by atoms with Gasteiger partial charge in [-0.1, -0.05) is 13.8 Å². The largest absolute Gasteiger partial charge is 0.497 e. The second kappa shape index (κ2) is 26.6.